The van der Waals surface area contributed by atoms with Crippen LogP contribution in [-0.4, -0.2) is 37.6 Å². The van der Waals surface area contributed by atoms with Crippen LogP contribution in [0.15, 0.2) is 53.1 Å². The molecular formula is C21H23ClN4O3. The van der Waals surface area contributed by atoms with Crippen LogP contribution < -0.4 is 10.9 Å². The molecule has 3 rings (SSSR count). The van der Waals surface area contributed by atoms with Crippen molar-refractivity contribution >= 4 is 23.2 Å². The lowest BCUT2D eigenvalue weighted by Gasteiger charge is -2.12. The highest BCUT2D eigenvalue weighted by atomic mass is 35.5. The van der Waals surface area contributed by atoms with Gasteiger partial charge in [-0.15, -0.1) is 0 Å². The number of nitrogens with zero attached hydrogens (tertiary/aromatic N) is 3. The predicted octanol–water partition coefficient (Wildman–Crippen LogP) is 2.89. The highest BCUT2D eigenvalue weighted by molar-refractivity contribution is 6.30. The fourth-order valence-corrected chi connectivity index (χ4v) is 3.05. The molecule has 8 heteroatoms. The van der Waals surface area contributed by atoms with Gasteiger partial charge in [-0.1, -0.05) is 35.4 Å². The zero-order chi connectivity index (χ0) is 21.1. The van der Waals surface area contributed by atoms with Gasteiger partial charge in [-0.05, 0) is 32.9 Å². The topological polar surface area (TPSA) is 88.6 Å². The van der Waals surface area contributed by atoms with Crippen molar-refractivity contribution in [2.45, 2.75) is 33.4 Å². The van der Waals surface area contributed by atoms with Gasteiger partial charge in [0.1, 0.15) is 5.69 Å². The second kappa shape index (κ2) is 8.63. The Kier molecular flexibility index (Phi) is 6.20. The number of imidazole rings is 1. The average molecular weight is 415 g/mol. The number of hydrogen-bond acceptors (Lipinski definition) is 4. The second-order valence-corrected chi connectivity index (χ2v) is 7.57. The third-order valence-corrected chi connectivity index (χ3v) is 4.55. The van der Waals surface area contributed by atoms with E-state index in [1.54, 1.807) is 34.2 Å². The minimum Gasteiger partial charge on any atom is -0.392 e. The Hall–Kier alpha value is -2.90. The zero-order valence-corrected chi connectivity index (χ0v) is 17.3. The SMILES string of the molecule is CC(C)=CCn1c(-c2cccc(Cl)c2)cn2cc(C(=O)NC[C@H](C)O)nc2c1=O. The van der Waals surface area contributed by atoms with Crippen LogP contribution in [0.25, 0.3) is 16.9 Å². The molecule has 1 aromatic carbocycles. The summed E-state index contributed by atoms with van der Waals surface area (Å²) < 4.78 is 3.16. The number of halogens is 1. The van der Waals surface area contributed by atoms with Gasteiger partial charge in [0, 0.05) is 36.1 Å². The average Bonchev–Trinajstić information content (AvgIpc) is 3.09. The van der Waals surface area contributed by atoms with E-state index in [0.29, 0.717) is 17.3 Å². The molecule has 0 bridgehead atoms. The number of benzene rings is 1. The molecule has 0 spiro atoms. The van der Waals surface area contributed by atoms with E-state index in [-0.39, 0.29) is 23.4 Å². The molecule has 0 aliphatic rings. The minimum atomic E-state index is -0.674. The monoisotopic (exact) mass is 414 g/mol. The summed E-state index contributed by atoms with van der Waals surface area (Å²) in [4.78, 5) is 29.7. The van der Waals surface area contributed by atoms with Gasteiger partial charge in [0.2, 0.25) is 5.65 Å². The van der Waals surface area contributed by atoms with Gasteiger partial charge in [-0.3, -0.25) is 18.6 Å². The molecule has 0 aliphatic carbocycles. The Morgan fingerprint density at radius 3 is 2.76 bits per heavy atom. The van der Waals surface area contributed by atoms with Gasteiger partial charge in [-0.2, -0.15) is 0 Å². The molecule has 7 nitrogen and oxygen atoms in total. The number of amides is 1. The third-order valence-electron chi connectivity index (χ3n) is 4.31. The van der Waals surface area contributed by atoms with E-state index in [0.717, 1.165) is 11.1 Å². The molecule has 152 valence electrons. The van der Waals surface area contributed by atoms with Crippen molar-refractivity contribution in [2.75, 3.05) is 6.54 Å². The Bertz CT molecular complexity index is 1140. The van der Waals surface area contributed by atoms with Gasteiger partial charge in [0.25, 0.3) is 11.5 Å². The van der Waals surface area contributed by atoms with Gasteiger partial charge < -0.3 is 10.4 Å². The highest BCUT2D eigenvalue weighted by Crippen LogP contribution is 2.22. The number of carbonyl (C=O) groups is 1. The first-order valence-corrected chi connectivity index (χ1v) is 9.62. The Balaban J connectivity index is 2.15. The first kappa shape index (κ1) is 20.8. The molecule has 2 heterocycles. The normalized spacial score (nSPS) is 12.0. The number of carbonyl (C=O) groups excluding carboxylic acids is 1. The molecule has 2 N–H and O–H groups in total. The smallest absolute Gasteiger partial charge is 0.295 e. The molecule has 1 atom stereocenters. The van der Waals surface area contributed by atoms with Gasteiger partial charge >= 0.3 is 0 Å². The van der Waals surface area contributed by atoms with Crippen LogP contribution in [0.1, 0.15) is 31.3 Å². The fraction of sp³-hybridized carbons (Fsp3) is 0.286. The first-order chi connectivity index (χ1) is 13.8. The number of hydrogen-bond donors (Lipinski definition) is 2. The lowest BCUT2D eigenvalue weighted by molar-refractivity contribution is 0.0919. The lowest BCUT2D eigenvalue weighted by atomic mass is 10.1. The third kappa shape index (κ3) is 4.75. The Morgan fingerprint density at radius 1 is 1.34 bits per heavy atom. The van der Waals surface area contributed by atoms with E-state index in [1.165, 1.54) is 6.20 Å². The maximum atomic E-state index is 13.2. The van der Waals surface area contributed by atoms with E-state index in [1.807, 2.05) is 32.1 Å². The summed E-state index contributed by atoms with van der Waals surface area (Å²) in [6.07, 6.45) is 4.55. The summed E-state index contributed by atoms with van der Waals surface area (Å²) in [7, 11) is 0. The van der Waals surface area contributed by atoms with E-state index < -0.39 is 12.0 Å². The highest BCUT2D eigenvalue weighted by Gasteiger charge is 2.17. The summed E-state index contributed by atoms with van der Waals surface area (Å²) in [6.45, 7) is 5.97. The van der Waals surface area contributed by atoms with E-state index in [2.05, 4.69) is 10.3 Å². The standard InChI is InChI=1S/C21H23ClN4O3/c1-13(2)7-8-26-18(15-5-4-6-16(22)9-15)12-25-11-17(24-19(25)21(26)29)20(28)23-10-14(3)27/h4-7,9,11-12,14,27H,8,10H2,1-3H3,(H,23,28)/t14-/m0/s1. The van der Waals surface area contributed by atoms with Crippen molar-refractivity contribution in [2.24, 2.45) is 0 Å². The molecule has 0 unspecified atom stereocenters. The fourth-order valence-electron chi connectivity index (χ4n) is 2.86. The number of aliphatic hydroxyl groups excluding tert-OH is 1. The van der Waals surface area contributed by atoms with Crippen LogP contribution in [0.2, 0.25) is 5.02 Å². The van der Waals surface area contributed by atoms with Crippen LogP contribution in [0.5, 0.6) is 0 Å². The maximum absolute atomic E-state index is 13.2. The van der Waals surface area contributed by atoms with E-state index in [4.69, 9.17) is 11.6 Å². The van der Waals surface area contributed by atoms with Crippen molar-refractivity contribution in [3.63, 3.8) is 0 Å². The van der Waals surface area contributed by atoms with Crippen molar-refractivity contribution in [1.29, 1.82) is 0 Å². The molecule has 0 fully saturated rings. The molecule has 3 aromatic rings. The summed E-state index contributed by atoms with van der Waals surface area (Å²) in [6, 6.07) is 7.25. The van der Waals surface area contributed by atoms with Crippen molar-refractivity contribution in [1.82, 2.24) is 19.3 Å². The van der Waals surface area contributed by atoms with Crippen LogP contribution in [0, 0.1) is 0 Å². The Morgan fingerprint density at radius 2 is 2.10 bits per heavy atom. The zero-order valence-electron chi connectivity index (χ0n) is 16.5. The number of rotatable bonds is 6. The van der Waals surface area contributed by atoms with Gasteiger partial charge in [0.05, 0.1) is 11.8 Å². The maximum Gasteiger partial charge on any atom is 0.295 e. The summed E-state index contributed by atoms with van der Waals surface area (Å²) in [5.74, 6) is -0.450. The molecule has 0 aliphatic heterocycles. The first-order valence-electron chi connectivity index (χ1n) is 9.24. The number of nitrogens with one attached hydrogen (secondary N) is 1. The lowest BCUT2D eigenvalue weighted by Crippen LogP contribution is -2.30. The minimum absolute atomic E-state index is 0.102. The number of fused-ring (bicyclic) bond motifs is 1. The van der Waals surface area contributed by atoms with Crippen molar-refractivity contribution in [3.05, 3.63) is 69.4 Å². The molecule has 2 aromatic heterocycles. The molecule has 29 heavy (non-hydrogen) atoms. The van der Waals surface area contributed by atoms with Gasteiger partial charge in [0.15, 0.2) is 0 Å². The molecule has 0 radical (unpaired) electrons. The van der Waals surface area contributed by atoms with Crippen LogP contribution in [0.4, 0.5) is 0 Å². The van der Waals surface area contributed by atoms with Crippen molar-refractivity contribution in [3.8, 4) is 11.3 Å². The van der Waals surface area contributed by atoms with E-state index in [9.17, 15) is 14.7 Å². The molecule has 1 amide bonds. The van der Waals surface area contributed by atoms with Gasteiger partial charge in [-0.25, -0.2) is 4.98 Å². The van der Waals surface area contributed by atoms with Crippen LogP contribution in [-0.2, 0) is 6.54 Å². The quantitative estimate of drug-likeness (QED) is 0.607. The largest absolute Gasteiger partial charge is 0.392 e. The molecule has 0 saturated heterocycles. The van der Waals surface area contributed by atoms with E-state index >= 15 is 0 Å². The van der Waals surface area contributed by atoms with Crippen molar-refractivity contribution < 1.29 is 9.90 Å². The van der Waals surface area contributed by atoms with Crippen LogP contribution in [0.3, 0.4) is 0 Å². The summed E-state index contributed by atoms with van der Waals surface area (Å²) in [5.41, 5.74) is 2.48. The Labute approximate surface area is 173 Å². The molecule has 0 saturated carbocycles. The number of aromatic nitrogens is 3. The number of allylic oxidation sites excluding steroid dienone is 2. The van der Waals surface area contributed by atoms with Crippen LogP contribution >= 0.6 is 11.6 Å². The molecular weight excluding hydrogens is 392 g/mol. The summed E-state index contributed by atoms with van der Waals surface area (Å²) >= 11 is 6.15. The predicted molar refractivity (Wildman–Crippen MR) is 113 cm³/mol. The summed E-state index contributed by atoms with van der Waals surface area (Å²) in [5, 5.41) is 12.5. The number of aliphatic hydroxyl groups is 1. The second-order valence-electron chi connectivity index (χ2n) is 7.14.